The van der Waals surface area contributed by atoms with E-state index in [9.17, 15) is 8.78 Å². The first-order valence-corrected chi connectivity index (χ1v) is 4.73. The summed E-state index contributed by atoms with van der Waals surface area (Å²) in [6.07, 6.45) is -2.40. The standard InChI is InChI=1S/C7H10F2N4S/c8-5(9)3-13-6(4-1-10-2-4)11-12-7(13)14/h4-5,10H,1-3H2,(H,12,14). The maximum Gasteiger partial charge on any atom is 0.256 e. The van der Waals surface area contributed by atoms with E-state index in [2.05, 4.69) is 15.5 Å². The zero-order valence-electron chi connectivity index (χ0n) is 7.33. The van der Waals surface area contributed by atoms with Gasteiger partial charge in [0.2, 0.25) is 0 Å². The Morgan fingerprint density at radius 3 is 2.79 bits per heavy atom. The van der Waals surface area contributed by atoms with Crippen LogP contribution in [-0.4, -0.2) is 34.3 Å². The third-order valence-corrected chi connectivity index (χ3v) is 2.57. The summed E-state index contributed by atoms with van der Waals surface area (Å²) in [5.74, 6) is 0.843. The molecule has 1 saturated heterocycles. The smallest absolute Gasteiger partial charge is 0.256 e. The molecule has 1 fully saturated rings. The van der Waals surface area contributed by atoms with Gasteiger partial charge in [0.1, 0.15) is 5.82 Å². The molecule has 0 aromatic carbocycles. The summed E-state index contributed by atoms with van der Waals surface area (Å²) < 4.78 is 26.1. The Kier molecular flexibility index (Phi) is 2.60. The van der Waals surface area contributed by atoms with E-state index in [0.717, 1.165) is 13.1 Å². The molecule has 1 aliphatic heterocycles. The zero-order valence-corrected chi connectivity index (χ0v) is 8.15. The van der Waals surface area contributed by atoms with E-state index in [4.69, 9.17) is 12.2 Å². The van der Waals surface area contributed by atoms with Crippen LogP contribution in [-0.2, 0) is 6.54 Å². The number of alkyl halides is 2. The first kappa shape index (κ1) is 9.72. The highest BCUT2D eigenvalue weighted by Gasteiger charge is 2.25. The highest BCUT2D eigenvalue weighted by atomic mass is 32.1. The molecule has 4 nitrogen and oxygen atoms in total. The highest BCUT2D eigenvalue weighted by Crippen LogP contribution is 2.18. The predicted octanol–water partition coefficient (Wildman–Crippen LogP) is 0.893. The molecule has 0 saturated carbocycles. The number of hydrogen-bond acceptors (Lipinski definition) is 3. The van der Waals surface area contributed by atoms with E-state index < -0.39 is 6.43 Å². The number of nitrogens with zero attached hydrogens (tertiary/aromatic N) is 2. The summed E-state index contributed by atoms with van der Waals surface area (Å²) in [5.41, 5.74) is 0. The van der Waals surface area contributed by atoms with Crippen molar-refractivity contribution in [1.29, 1.82) is 0 Å². The van der Waals surface area contributed by atoms with Gasteiger partial charge >= 0.3 is 0 Å². The van der Waals surface area contributed by atoms with E-state index >= 15 is 0 Å². The van der Waals surface area contributed by atoms with Gasteiger partial charge in [-0.25, -0.2) is 8.78 Å². The Bertz CT molecular complexity index is 368. The van der Waals surface area contributed by atoms with Crippen LogP contribution in [0.1, 0.15) is 11.7 Å². The molecule has 1 aromatic rings. The third kappa shape index (κ3) is 1.69. The number of aromatic nitrogens is 3. The normalized spacial score (nSPS) is 17.4. The fourth-order valence-electron chi connectivity index (χ4n) is 1.43. The molecular weight excluding hydrogens is 210 g/mol. The molecule has 78 valence electrons. The lowest BCUT2D eigenvalue weighted by Crippen LogP contribution is -2.41. The second-order valence-electron chi connectivity index (χ2n) is 3.24. The summed E-state index contributed by atoms with van der Waals surface area (Å²) in [6, 6.07) is 0. The van der Waals surface area contributed by atoms with Crippen LogP contribution in [0.15, 0.2) is 0 Å². The Labute approximate surface area is 84.3 Å². The van der Waals surface area contributed by atoms with Crippen molar-refractivity contribution < 1.29 is 8.78 Å². The lowest BCUT2D eigenvalue weighted by atomic mass is 10.0. The van der Waals surface area contributed by atoms with Crippen LogP contribution in [0.25, 0.3) is 0 Å². The maximum atomic E-state index is 12.2. The summed E-state index contributed by atoms with van der Waals surface area (Å²) in [4.78, 5) is 0. The van der Waals surface area contributed by atoms with Crippen LogP contribution < -0.4 is 5.32 Å². The van der Waals surface area contributed by atoms with Gasteiger partial charge in [-0.15, -0.1) is 0 Å². The van der Waals surface area contributed by atoms with Gasteiger partial charge in [0, 0.05) is 19.0 Å². The SMILES string of the molecule is FC(F)Cn1c(C2CNC2)n[nH]c1=S. The van der Waals surface area contributed by atoms with Crippen molar-refractivity contribution in [3.8, 4) is 0 Å². The second kappa shape index (κ2) is 3.74. The Morgan fingerprint density at radius 2 is 2.29 bits per heavy atom. The number of halogens is 2. The van der Waals surface area contributed by atoms with Crippen molar-refractivity contribution in [2.24, 2.45) is 0 Å². The maximum absolute atomic E-state index is 12.2. The van der Waals surface area contributed by atoms with Crippen LogP contribution >= 0.6 is 12.2 Å². The first-order valence-electron chi connectivity index (χ1n) is 4.32. The van der Waals surface area contributed by atoms with Crippen molar-refractivity contribution in [2.75, 3.05) is 13.1 Å². The lowest BCUT2D eigenvalue weighted by Gasteiger charge is -2.26. The number of rotatable bonds is 3. The quantitative estimate of drug-likeness (QED) is 0.744. The van der Waals surface area contributed by atoms with Crippen molar-refractivity contribution in [1.82, 2.24) is 20.1 Å². The van der Waals surface area contributed by atoms with Crippen molar-refractivity contribution >= 4 is 12.2 Å². The second-order valence-corrected chi connectivity index (χ2v) is 3.63. The third-order valence-electron chi connectivity index (χ3n) is 2.26. The molecule has 0 atom stereocenters. The van der Waals surface area contributed by atoms with Crippen molar-refractivity contribution in [3.05, 3.63) is 10.6 Å². The van der Waals surface area contributed by atoms with E-state index in [0.29, 0.717) is 5.82 Å². The van der Waals surface area contributed by atoms with E-state index in [1.807, 2.05) is 0 Å². The minimum absolute atomic E-state index is 0.210. The van der Waals surface area contributed by atoms with Crippen LogP contribution in [0.2, 0.25) is 0 Å². The first-order chi connectivity index (χ1) is 6.68. The Morgan fingerprint density at radius 1 is 1.57 bits per heavy atom. The number of aromatic amines is 1. The van der Waals surface area contributed by atoms with Gasteiger partial charge in [-0.2, -0.15) is 5.10 Å². The lowest BCUT2D eigenvalue weighted by molar-refractivity contribution is 0.123. The molecule has 14 heavy (non-hydrogen) atoms. The van der Waals surface area contributed by atoms with Crippen molar-refractivity contribution in [3.63, 3.8) is 0 Å². The van der Waals surface area contributed by atoms with Crippen LogP contribution in [0, 0.1) is 4.77 Å². The minimum atomic E-state index is -2.40. The predicted molar refractivity (Wildman–Crippen MR) is 49.0 cm³/mol. The summed E-state index contributed by atoms with van der Waals surface area (Å²) in [6.45, 7) is 1.19. The summed E-state index contributed by atoms with van der Waals surface area (Å²) in [5, 5.41) is 9.57. The number of hydrogen-bond donors (Lipinski definition) is 2. The Balaban J connectivity index is 2.25. The van der Waals surface area contributed by atoms with E-state index in [1.165, 1.54) is 4.57 Å². The van der Waals surface area contributed by atoms with E-state index in [-0.39, 0.29) is 17.2 Å². The zero-order chi connectivity index (χ0) is 10.1. The van der Waals surface area contributed by atoms with Gasteiger partial charge in [-0.1, -0.05) is 0 Å². The molecule has 7 heteroatoms. The topological polar surface area (TPSA) is 45.6 Å². The van der Waals surface area contributed by atoms with Crippen LogP contribution in [0.4, 0.5) is 8.78 Å². The van der Waals surface area contributed by atoms with Gasteiger partial charge in [0.15, 0.2) is 4.77 Å². The van der Waals surface area contributed by atoms with Gasteiger partial charge < -0.3 is 5.32 Å². The minimum Gasteiger partial charge on any atom is -0.315 e. The van der Waals surface area contributed by atoms with Gasteiger partial charge in [0.05, 0.1) is 6.54 Å². The van der Waals surface area contributed by atoms with Gasteiger partial charge in [0.25, 0.3) is 6.43 Å². The van der Waals surface area contributed by atoms with Crippen molar-refractivity contribution in [2.45, 2.75) is 18.9 Å². The molecule has 1 aromatic heterocycles. The summed E-state index contributed by atoms with van der Waals surface area (Å²) >= 11 is 4.87. The molecule has 0 spiro atoms. The molecule has 2 heterocycles. The molecule has 0 unspecified atom stereocenters. The highest BCUT2D eigenvalue weighted by molar-refractivity contribution is 7.71. The van der Waals surface area contributed by atoms with Gasteiger partial charge in [-0.3, -0.25) is 9.67 Å². The Hall–Kier alpha value is -0.820. The van der Waals surface area contributed by atoms with E-state index in [1.54, 1.807) is 0 Å². The largest absolute Gasteiger partial charge is 0.315 e. The van der Waals surface area contributed by atoms with Crippen LogP contribution in [0.5, 0.6) is 0 Å². The van der Waals surface area contributed by atoms with Crippen LogP contribution in [0.3, 0.4) is 0 Å². The monoisotopic (exact) mass is 220 g/mol. The molecule has 2 rings (SSSR count). The fourth-order valence-corrected chi connectivity index (χ4v) is 1.64. The molecule has 1 aliphatic rings. The average molecular weight is 220 g/mol. The molecule has 0 bridgehead atoms. The number of nitrogens with one attached hydrogen (secondary N) is 2. The molecule has 2 N–H and O–H groups in total. The molecule has 0 radical (unpaired) electrons. The van der Waals surface area contributed by atoms with Gasteiger partial charge in [-0.05, 0) is 12.2 Å². The molecule has 0 aliphatic carbocycles. The summed E-state index contributed by atoms with van der Waals surface area (Å²) in [7, 11) is 0. The fraction of sp³-hybridized carbons (Fsp3) is 0.714. The molecular formula is C7H10F2N4S. The average Bonchev–Trinajstić information content (AvgIpc) is 2.32. The number of H-pyrrole nitrogens is 1. The molecule has 0 amide bonds.